The first-order chi connectivity index (χ1) is 9.95. The summed E-state index contributed by atoms with van der Waals surface area (Å²) in [4.78, 5) is 36.1. The molecule has 6 nitrogen and oxygen atoms in total. The zero-order valence-corrected chi connectivity index (χ0v) is 12.4. The summed E-state index contributed by atoms with van der Waals surface area (Å²) in [6, 6.07) is 7.07. The molecule has 1 unspecified atom stereocenters. The van der Waals surface area contributed by atoms with E-state index < -0.39 is 11.1 Å². The van der Waals surface area contributed by atoms with Crippen LogP contribution in [0.25, 0.3) is 11.0 Å². The minimum Gasteiger partial charge on any atom is -0.352 e. The number of carbonyl (C=O) groups is 1. The Hall–Kier alpha value is -2.37. The van der Waals surface area contributed by atoms with E-state index in [0.717, 1.165) is 6.42 Å². The minimum absolute atomic E-state index is 0.0333. The lowest BCUT2D eigenvalue weighted by Gasteiger charge is -2.14. The Bertz CT molecular complexity index is 789. The lowest BCUT2D eigenvalue weighted by atomic mass is 10.2. The minimum atomic E-state index is -0.685. The van der Waals surface area contributed by atoms with E-state index in [0.29, 0.717) is 11.0 Å². The average molecular weight is 289 g/mol. The Kier molecular flexibility index (Phi) is 4.26. The summed E-state index contributed by atoms with van der Waals surface area (Å²) in [6.45, 7) is 3.70. The number of hydrogen-bond donors (Lipinski definition) is 1. The van der Waals surface area contributed by atoms with Crippen molar-refractivity contribution in [3.8, 4) is 0 Å². The molecule has 0 fully saturated rings. The molecule has 0 aliphatic heterocycles. The van der Waals surface area contributed by atoms with Crippen molar-refractivity contribution in [1.82, 2.24) is 14.5 Å². The zero-order valence-electron chi connectivity index (χ0n) is 12.4. The van der Waals surface area contributed by atoms with E-state index in [1.54, 1.807) is 31.3 Å². The van der Waals surface area contributed by atoms with Crippen LogP contribution in [0.2, 0.25) is 0 Å². The van der Waals surface area contributed by atoms with Crippen molar-refractivity contribution in [3.63, 3.8) is 0 Å². The van der Waals surface area contributed by atoms with E-state index in [1.807, 2.05) is 13.8 Å². The fraction of sp³-hybridized carbons (Fsp3) is 0.400. The number of hydrogen-bond acceptors (Lipinski definition) is 3. The molecule has 6 heteroatoms. The number of nitrogens with one attached hydrogen (secondary N) is 1. The van der Waals surface area contributed by atoms with Gasteiger partial charge in [-0.2, -0.15) is 0 Å². The first kappa shape index (κ1) is 15.0. The molecule has 0 aliphatic carbocycles. The van der Waals surface area contributed by atoms with E-state index in [-0.39, 0.29) is 18.5 Å². The molecule has 0 saturated carbocycles. The van der Waals surface area contributed by atoms with Gasteiger partial charge in [0.25, 0.3) is 0 Å². The third kappa shape index (κ3) is 2.89. The topological polar surface area (TPSA) is 73.1 Å². The molecule has 21 heavy (non-hydrogen) atoms. The third-order valence-corrected chi connectivity index (χ3v) is 3.59. The van der Waals surface area contributed by atoms with Crippen LogP contribution in [0.4, 0.5) is 0 Å². The van der Waals surface area contributed by atoms with Crippen LogP contribution in [0, 0.1) is 0 Å². The summed E-state index contributed by atoms with van der Waals surface area (Å²) in [5.74, 6) is -0.273. The number of nitrogens with zero attached hydrogens (tertiary/aromatic N) is 2. The first-order valence-electron chi connectivity index (χ1n) is 6.93. The molecule has 1 heterocycles. The zero-order chi connectivity index (χ0) is 15.6. The molecule has 0 aliphatic rings. The van der Waals surface area contributed by atoms with Crippen molar-refractivity contribution in [2.75, 3.05) is 0 Å². The molecule has 1 atom stereocenters. The second-order valence-electron chi connectivity index (χ2n) is 5.12. The van der Waals surface area contributed by atoms with Crippen molar-refractivity contribution < 1.29 is 4.79 Å². The number of para-hydroxylation sites is 2. The second kappa shape index (κ2) is 5.95. The van der Waals surface area contributed by atoms with Crippen LogP contribution in [0.1, 0.15) is 20.3 Å². The highest BCUT2D eigenvalue weighted by molar-refractivity contribution is 5.80. The number of aryl methyl sites for hydroxylation is 1. The van der Waals surface area contributed by atoms with Gasteiger partial charge in [0, 0.05) is 13.1 Å². The van der Waals surface area contributed by atoms with Crippen molar-refractivity contribution in [1.29, 1.82) is 0 Å². The number of carbonyl (C=O) groups excluding carboxylic acids is 1. The summed E-state index contributed by atoms with van der Waals surface area (Å²) in [6.07, 6.45) is 0.804. The van der Waals surface area contributed by atoms with Crippen LogP contribution >= 0.6 is 0 Å². The first-order valence-corrected chi connectivity index (χ1v) is 6.93. The summed E-state index contributed by atoms with van der Waals surface area (Å²) < 4.78 is 2.54. The fourth-order valence-electron chi connectivity index (χ4n) is 2.18. The summed E-state index contributed by atoms with van der Waals surface area (Å²) in [5, 5.41) is 2.80. The Morgan fingerprint density at radius 2 is 1.81 bits per heavy atom. The van der Waals surface area contributed by atoms with E-state index in [2.05, 4.69) is 5.32 Å². The fourth-order valence-corrected chi connectivity index (χ4v) is 2.18. The Balaban J connectivity index is 2.52. The highest BCUT2D eigenvalue weighted by atomic mass is 16.2. The molecule has 1 N–H and O–H groups in total. The van der Waals surface area contributed by atoms with Crippen molar-refractivity contribution >= 4 is 16.9 Å². The lowest BCUT2D eigenvalue weighted by molar-refractivity contribution is -0.122. The molecule has 0 spiro atoms. The highest BCUT2D eigenvalue weighted by Gasteiger charge is 2.14. The number of aromatic nitrogens is 2. The number of rotatable bonds is 4. The lowest BCUT2D eigenvalue weighted by Crippen LogP contribution is -2.44. The molecular formula is C15H19N3O3. The van der Waals surface area contributed by atoms with E-state index >= 15 is 0 Å². The van der Waals surface area contributed by atoms with E-state index in [9.17, 15) is 14.4 Å². The van der Waals surface area contributed by atoms with E-state index in [4.69, 9.17) is 0 Å². The molecule has 1 aromatic carbocycles. The van der Waals surface area contributed by atoms with Crippen molar-refractivity contribution in [2.45, 2.75) is 32.9 Å². The smallest absolute Gasteiger partial charge is 0.317 e. The van der Waals surface area contributed by atoms with Gasteiger partial charge in [-0.25, -0.2) is 0 Å². The maximum absolute atomic E-state index is 12.1. The Morgan fingerprint density at radius 3 is 2.43 bits per heavy atom. The van der Waals surface area contributed by atoms with Gasteiger partial charge in [-0.15, -0.1) is 0 Å². The third-order valence-electron chi connectivity index (χ3n) is 3.59. The van der Waals surface area contributed by atoms with Gasteiger partial charge in [0.2, 0.25) is 5.91 Å². The second-order valence-corrected chi connectivity index (χ2v) is 5.12. The molecule has 2 rings (SSSR count). The van der Waals surface area contributed by atoms with Gasteiger partial charge in [0.05, 0.1) is 11.0 Å². The predicted octanol–water partition coefficient (Wildman–Crippen LogP) is 0.615. The number of fused-ring (bicyclic) bond motifs is 1. The average Bonchev–Trinajstić information content (AvgIpc) is 2.49. The van der Waals surface area contributed by atoms with Crippen LogP contribution in [0.15, 0.2) is 33.9 Å². The standard InChI is InChI=1S/C15H19N3O3/c1-4-10(2)16-13(19)9-18-12-8-6-5-7-11(12)17(3)14(20)15(18)21/h5-8,10H,4,9H2,1-3H3,(H,16,19). The molecule has 0 bridgehead atoms. The number of amides is 1. The SMILES string of the molecule is CCC(C)NC(=O)Cn1c(=O)c(=O)n(C)c2ccccc21. The molecule has 0 saturated heterocycles. The van der Waals surface area contributed by atoms with E-state index in [1.165, 1.54) is 9.13 Å². The van der Waals surface area contributed by atoms with Crippen LogP contribution in [0.3, 0.4) is 0 Å². The van der Waals surface area contributed by atoms with Gasteiger partial charge in [0.1, 0.15) is 6.54 Å². The molecule has 112 valence electrons. The van der Waals surface area contributed by atoms with Gasteiger partial charge >= 0.3 is 11.1 Å². The molecule has 0 radical (unpaired) electrons. The number of benzene rings is 1. The molecule has 1 aromatic heterocycles. The van der Waals surface area contributed by atoms with Gasteiger partial charge in [-0.3, -0.25) is 19.0 Å². The molecule has 1 amide bonds. The Morgan fingerprint density at radius 1 is 1.19 bits per heavy atom. The maximum atomic E-state index is 12.1. The van der Waals surface area contributed by atoms with Gasteiger partial charge < -0.3 is 9.88 Å². The predicted molar refractivity (Wildman–Crippen MR) is 81.3 cm³/mol. The van der Waals surface area contributed by atoms with Gasteiger partial charge in [-0.1, -0.05) is 19.1 Å². The monoisotopic (exact) mass is 289 g/mol. The highest BCUT2D eigenvalue weighted by Crippen LogP contribution is 2.09. The summed E-state index contributed by atoms with van der Waals surface area (Å²) in [5.41, 5.74) is -0.122. The summed E-state index contributed by atoms with van der Waals surface area (Å²) in [7, 11) is 1.55. The van der Waals surface area contributed by atoms with Crippen molar-refractivity contribution in [3.05, 3.63) is 45.0 Å². The van der Waals surface area contributed by atoms with Gasteiger partial charge in [-0.05, 0) is 25.5 Å². The van der Waals surface area contributed by atoms with Crippen LogP contribution in [-0.2, 0) is 18.4 Å². The maximum Gasteiger partial charge on any atom is 0.317 e. The quantitative estimate of drug-likeness (QED) is 0.838. The van der Waals surface area contributed by atoms with Gasteiger partial charge in [0.15, 0.2) is 0 Å². The van der Waals surface area contributed by atoms with Crippen LogP contribution < -0.4 is 16.4 Å². The van der Waals surface area contributed by atoms with Crippen LogP contribution in [-0.4, -0.2) is 21.1 Å². The normalized spacial score (nSPS) is 12.3. The van der Waals surface area contributed by atoms with Crippen LogP contribution in [0.5, 0.6) is 0 Å². The Labute approximate surface area is 122 Å². The summed E-state index contributed by atoms with van der Waals surface area (Å²) >= 11 is 0. The molecule has 2 aromatic rings. The largest absolute Gasteiger partial charge is 0.352 e. The molecular weight excluding hydrogens is 270 g/mol. The van der Waals surface area contributed by atoms with Crippen molar-refractivity contribution in [2.24, 2.45) is 7.05 Å².